The van der Waals surface area contributed by atoms with Gasteiger partial charge >= 0.3 is 0 Å². The number of fused-ring (bicyclic) bond motifs is 2. The van der Waals surface area contributed by atoms with E-state index in [1.807, 2.05) is 11.9 Å². The van der Waals surface area contributed by atoms with Crippen molar-refractivity contribution in [2.75, 3.05) is 19.1 Å². The maximum absolute atomic E-state index is 15.7. The first kappa shape index (κ1) is 24.3. The van der Waals surface area contributed by atoms with Gasteiger partial charge in [-0.25, -0.2) is 14.4 Å². The van der Waals surface area contributed by atoms with Crippen LogP contribution in [0.25, 0.3) is 22.5 Å². The van der Waals surface area contributed by atoms with Gasteiger partial charge in [0.2, 0.25) is 0 Å². The van der Waals surface area contributed by atoms with Crippen LogP contribution in [0.3, 0.4) is 0 Å². The van der Waals surface area contributed by atoms with Gasteiger partial charge in [-0.1, -0.05) is 26.3 Å². The normalized spacial score (nSPS) is 27.5. The molecule has 2 aliphatic carbocycles. The summed E-state index contributed by atoms with van der Waals surface area (Å²) in [6, 6.07) is 6.18. The number of phenols is 1. The van der Waals surface area contributed by atoms with Crippen LogP contribution in [0.4, 0.5) is 14.6 Å². The third kappa shape index (κ3) is 4.24. The SMILES string of the molecule is COc1cc(-c2ccc(-c3ncc(N(C)[C@@H]4C[C@@]5(C)CCC[C@](C)(C5)[C@@H]4F)nn3)c(O)c2)cnc1F. The summed E-state index contributed by atoms with van der Waals surface area (Å²) in [4.78, 5) is 9.98. The van der Waals surface area contributed by atoms with Crippen molar-refractivity contribution in [2.24, 2.45) is 10.8 Å². The van der Waals surface area contributed by atoms with Crippen LogP contribution in [0.15, 0.2) is 36.7 Å². The number of hydrogen-bond donors (Lipinski definition) is 1. The van der Waals surface area contributed by atoms with Gasteiger partial charge in [-0.05, 0) is 54.9 Å². The fourth-order valence-corrected chi connectivity index (χ4v) is 6.24. The van der Waals surface area contributed by atoms with E-state index in [0.717, 1.165) is 32.1 Å². The summed E-state index contributed by atoms with van der Waals surface area (Å²) >= 11 is 0. The fourth-order valence-electron chi connectivity index (χ4n) is 6.24. The van der Waals surface area contributed by atoms with E-state index in [2.05, 4.69) is 34.0 Å². The second-order valence-corrected chi connectivity index (χ2v) is 10.9. The van der Waals surface area contributed by atoms with Crippen molar-refractivity contribution in [2.45, 2.75) is 58.2 Å². The lowest BCUT2D eigenvalue weighted by Gasteiger charge is -2.55. The molecule has 0 saturated heterocycles. The molecule has 0 aliphatic heterocycles. The number of pyridine rings is 1. The van der Waals surface area contributed by atoms with Crippen molar-refractivity contribution in [1.29, 1.82) is 0 Å². The standard InChI is InChI=1S/C27H31F2N5O2/c1-26-8-5-9-27(2,15-26)23(28)19(12-26)34(3)22-14-31-25(33-32-22)18-7-6-16(10-20(18)35)17-11-21(36-4)24(29)30-13-17/h6-7,10-11,13-14,19,23,35H,5,8-9,12,15H2,1-4H3/t19-,23-,26-,27-/m1/s1. The summed E-state index contributed by atoms with van der Waals surface area (Å²) in [6.45, 7) is 4.35. The van der Waals surface area contributed by atoms with Crippen molar-refractivity contribution >= 4 is 5.82 Å². The lowest BCUT2D eigenvalue weighted by Crippen LogP contribution is -2.57. The van der Waals surface area contributed by atoms with Crippen LogP contribution in [0, 0.1) is 16.8 Å². The van der Waals surface area contributed by atoms with E-state index in [1.165, 1.54) is 25.4 Å². The van der Waals surface area contributed by atoms with Gasteiger partial charge in [-0.15, -0.1) is 10.2 Å². The van der Waals surface area contributed by atoms with E-state index < -0.39 is 12.1 Å². The molecule has 2 aliphatic rings. The summed E-state index contributed by atoms with van der Waals surface area (Å²) in [7, 11) is 3.22. The third-order valence-corrected chi connectivity index (χ3v) is 8.07. The number of alkyl halides is 1. The van der Waals surface area contributed by atoms with Gasteiger partial charge in [0.15, 0.2) is 17.4 Å². The molecule has 2 bridgehead atoms. The topological polar surface area (TPSA) is 84.3 Å². The summed E-state index contributed by atoms with van der Waals surface area (Å²) < 4.78 is 34.3. The molecule has 190 valence electrons. The van der Waals surface area contributed by atoms with E-state index in [4.69, 9.17) is 4.74 Å². The van der Waals surface area contributed by atoms with Crippen molar-refractivity contribution in [3.63, 3.8) is 0 Å². The fraction of sp³-hybridized carbons (Fsp3) is 0.481. The Balaban J connectivity index is 1.37. The molecule has 7 nitrogen and oxygen atoms in total. The van der Waals surface area contributed by atoms with Crippen molar-refractivity contribution < 1.29 is 18.6 Å². The number of nitrogens with zero attached hydrogens (tertiary/aromatic N) is 5. The number of ether oxygens (including phenoxy) is 1. The zero-order valence-corrected chi connectivity index (χ0v) is 21.0. The van der Waals surface area contributed by atoms with Crippen LogP contribution < -0.4 is 9.64 Å². The number of phenolic OH excluding ortho intramolecular Hbond substituents is 1. The first-order valence-electron chi connectivity index (χ1n) is 12.2. The molecule has 36 heavy (non-hydrogen) atoms. The Hall–Kier alpha value is -3.36. The van der Waals surface area contributed by atoms with Crippen molar-refractivity contribution in [1.82, 2.24) is 20.2 Å². The molecule has 2 fully saturated rings. The van der Waals surface area contributed by atoms with E-state index in [-0.39, 0.29) is 34.2 Å². The van der Waals surface area contributed by atoms with E-state index >= 15 is 4.39 Å². The predicted molar refractivity (Wildman–Crippen MR) is 133 cm³/mol. The van der Waals surface area contributed by atoms with E-state index in [0.29, 0.717) is 22.5 Å². The highest BCUT2D eigenvalue weighted by molar-refractivity contribution is 5.73. The largest absolute Gasteiger partial charge is 0.507 e. The van der Waals surface area contributed by atoms with Crippen LogP contribution in [0.1, 0.15) is 46.0 Å². The quantitative estimate of drug-likeness (QED) is 0.462. The monoisotopic (exact) mass is 495 g/mol. The maximum atomic E-state index is 15.7. The Labute approximate surface area is 209 Å². The maximum Gasteiger partial charge on any atom is 0.255 e. The van der Waals surface area contributed by atoms with E-state index in [9.17, 15) is 9.50 Å². The highest BCUT2D eigenvalue weighted by Crippen LogP contribution is 2.57. The summed E-state index contributed by atoms with van der Waals surface area (Å²) in [6.07, 6.45) is 6.80. The van der Waals surface area contributed by atoms with Crippen molar-refractivity contribution in [3.8, 4) is 34.0 Å². The third-order valence-electron chi connectivity index (χ3n) is 8.07. The van der Waals surface area contributed by atoms with E-state index in [1.54, 1.807) is 18.3 Å². The molecule has 0 unspecified atom stereocenters. The molecule has 0 amide bonds. The second kappa shape index (κ2) is 8.94. The summed E-state index contributed by atoms with van der Waals surface area (Å²) in [5.74, 6) is 0.0126. The predicted octanol–water partition coefficient (Wildman–Crippen LogP) is 5.59. The number of anilines is 1. The number of benzene rings is 1. The Morgan fingerprint density at radius 2 is 1.89 bits per heavy atom. The molecular formula is C27H31F2N5O2. The van der Waals surface area contributed by atoms with Gasteiger partial charge in [0.05, 0.1) is 24.9 Å². The summed E-state index contributed by atoms with van der Waals surface area (Å²) in [5, 5.41) is 19.2. The summed E-state index contributed by atoms with van der Waals surface area (Å²) in [5.41, 5.74) is 1.44. The molecule has 9 heteroatoms. The minimum atomic E-state index is -0.950. The Kier molecular flexibility index (Phi) is 6.04. The highest BCUT2D eigenvalue weighted by atomic mass is 19.1. The van der Waals surface area contributed by atoms with Crippen LogP contribution in [-0.4, -0.2) is 51.6 Å². The van der Waals surface area contributed by atoms with Crippen LogP contribution in [-0.2, 0) is 0 Å². The number of aromatic hydroxyl groups is 1. The Morgan fingerprint density at radius 3 is 2.58 bits per heavy atom. The molecule has 0 spiro atoms. The molecule has 1 aromatic carbocycles. The number of methoxy groups -OCH3 is 1. The first-order valence-corrected chi connectivity index (χ1v) is 12.2. The lowest BCUT2D eigenvalue weighted by molar-refractivity contribution is -0.0540. The number of rotatable bonds is 5. The molecule has 1 N–H and O–H groups in total. The van der Waals surface area contributed by atoms with Gasteiger partial charge < -0.3 is 14.7 Å². The van der Waals surface area contributed by atoms with Gasteiger partial charge in [0, 0.05) is 24.2 Å². The number of hydrogen-bond acceptors (Lipinski definition) is 7. The molecule has 5 rings (SSSR count). The van der Waals surface area contributed by atoms with Gasteiger partial charge in [-0.3, -0.25) is 0 Å². The average molecular weight is 496 g/mol. The number of halogens is 2. The molecule has 2 heterocycles. The minimum Gasteiger partial charge on any atom is -0.507 e. The molecule has 0 radical (unpaired) electrons. The smallest absolute Gasteiger partial charge is 0.255 e. The Bertz CT molecular complexity index is 1270. The molecular weight excluding hydrogens is 464 g/mol. The van der Waals surface area contributed by atoms with Gasteiger partial charge in [-0.2, -0.15) is 4.39 Å². The zero-order valence-electron chi connectivity index (χ0n) is 21.0. The number of aromatic nitrogens is 4. The zero-order chi connectivity index (χ0) is 25.7. The van der Waals surface area contributed by atoms with Gasteiger partial charge in [0.25, 0.3) is 5.95 Å². The molecule has 2 aromatic heterocycles. The molecule has 4 atom stereocenters. The van der Waals surface area contributed by atoms with Crippen LogP contribution in [0.2, 0.25) is 0 Å². The van der Waals surface area contributed by atoms with Gasteiger partial charge in [0.1, 0.15) is 11.9 Å². The minimum absolute atomic E-state index is 0.0170. The molecule has 2 saturated carbocycles. The molecule has 3 aromatic rings. The average Bonchev–Trinajstić information content (AvgIpc) is 2.86. The second-order valence-electron chi connectivity index (χ2n) is 10.9. The Morgan fingerprint density at radius 1 is 1.08 bits per heavy atom. The first-order chi connectivity index (χ1) is 17.1. The van der Waals surface area contributed by atoms with Crippen LogP contribution in [0.5, 0.6) is 11.5 Å². The van der Waals surface area contributed by atoms with Crippen LogP contribution >= 0.6 is 0 Å². The van der Waals surface area contributed by atoms with Crippen molar-refractivity contribution in [3.05, 3.63) is 42.6 Å². The highest BCUT2D eigenvalue weighted by Gasteiger charge is 2.54. The lowest BCUT2D eigenvalue weighted by atomic mass is 9.54.